The van der Waals surface area contributed by atoms with E-state index in [9.17, 15) is 9.59 Å². The Balaban J connectivity index is 1.59. The van der Waals surface area contributed by atoms with Crippen LogP contribution in [0.25, 0.3) is 0 Å². The van der Waals surface area contributed by atoms with Gasteiger partial charge in [0.15, 0.2) is 11.5 Å². The van der Waals surface area contributed by atoms with Crippen LogP contribution >= 0.6 is 0 Å². The van der Waals surface area contributed by atoms with E-state index in [4.69, 9.17) is 9.47 Å². The highest BCUT2D eigenvalue weighted by atomic mass is 16.5. The second-order valence-corrected chi connectivity index (χ2v) is 8.39. The quantitative estimate of drug-likeness (QED) is 0.562. The van der Waals surface area contributed by atoms with Crippen molar-refractivity contribution in [3.63, 3.8) is 0 Å². The number of nitrogens with one attached hydrogen (secondary N) is 1. The van der Waals surface area contributed by atoms with Crippen molar-refractivity contribution in [1.29, 1.82) is 0 Å². The molecule has 0 radical (unpaired) electrons. The average molecular weight is 454 g/mol. The van der Waals surface area contributed by atoms with Crippen molar-refractivity contribution in [2.45, 2.75) is 33.7 Å². The molecule has 178 valence electrons. The van der Waals surface area contributed by atoms with Gasteiger partial charge in [-0.3, -0.25) is 9.59 Å². The summed E-state index contributed by atoms with van der Waals surface area (Å²) in [7, 11) is 1.59. The summed E-state index contributed by atoms with van der Waals surface area (Å²) in [4.78, 5) is 29.4. The van der Waals surface area contributed by atoms with Crippen molar-refractivity contribution in [2.24, 2.45) is 5.92 Å². The molecule has 2 aromatic carbocycles. The number of ether oxygens (including phenoxy) is 2. The highest BCUT2D eigenvalue weighted by Gasteiger charge is 2.34. The molecule has 7 heteroatoms. The summed E-state index contributed by atoms with van der Waals surface area (Å²) in [5.74, 6) is 0.677. The lowest BCUT2D eigenvalue weighted by Gasteiger charge is -2.19. The molecule has 1 N–H and O–H groups in total. The first-order chi connectivity index (χ1) is 15.9. The maximum absolute atomic E-state index is 12.9. The van der Waals surface area contributed by atoms with Gasteiger partial charge in [0.25, 0.3) is 0 Å². The molecule has 0 saturated carbocycles. The maximum Gasteiger partial charge on any atom is 0.229 e. The van der Waals surface area contributed by atoms with Gasteiger partial charge in [0.2, 0.25) is 11.8 Å². The molecule has 2 amide bonds. The Bertz CT molecular complexity index is 941. The van der Waals surface area contributed by atoms with Gasteiger partial charge in [-0.05, 0) is 37.7 Å². The van der Waals surface area contributed by atoms with Crippen LogP contribution in [0, 0.1) is 12.8 Å². The van der Waals surface area contributed by atoms with E-state index in [1.54, 1.807) is 30.2 Å². The molecule has 0 bridgehead atoms. The van der Waals surface area contributed by atoms with Gasteiger partial charge in [-0.1, -0.05) is 43.7 Å². The minimum Gasteiger partial charge on any atom is -0.493 e. The van der Waals surface area contributed by atoms with Gasteiger partial charge in [0, 0.05) is 37.8 Å². The molecule has 1 atom stereocenters. The second kappa shape index (κ2) is 11.7. The number of rotatable bonds is 11. The number of carbonyl (C=O) groups excluding carboxylic acids is 2. The van der Waals surface area contributed by atoms with Crippen molar-refractivity contribution in [2.75, 3.05) is 45.2 Å². The number of hydrogen-bond donors (Lipinski definition) is 1. The Kier molecular flexibility index (Phi) is 8.72. The average Bonchev–Trinajstić information content (AvgIpc) is 3.18. The Morgan fingerprint density at radius 3 is 2.52 bits per heavy atom. The summed E-state index contributed by atoms with van der Waals surface area (Å²) >= 11 is 0. The summed E-state index contributed by atoms with van der Waals surface area (Å²) in [5.41, 5.74) is 2.87. The smallest absolute Gasteiger partial charge is 0.229 e. The number of hydrogen-bond acceptors (Lipinski definition) is 5. The molecular weight excluding hydrogens is 418 g/mol. The molecule has 0 aliphatic carbocycles. The number of likely N-dealkylation sites (tertiary alicyclic amines) is 1. The lowest BCUT2D eigenvalue weighted by Crippen LogP contribution is -2.28. The molecule has 1 aliphatic rings. The summed E-state index contributed by atoms with van der Waals surface area (Å²) in [6.07, 6.45) is 0.223. The van der Waals surface area contributed by atoms with Gasteiger partial charge in [-0.2, -0.15) is 0 Å². The highest BCUT2D eigenvalue weighted by Crippen LogP contribution is 2.31. The summed E-state index contributed by atoms with van der Waals surface area (Å²) in [6, 6.07) is 13.5. The van der Waals surface area contributed by atoms with E-state index in [1.807, 2.05) is 31.2 Å². The van der Waals surface area contributed by atoms with Crippen molar-refractivity contribution in [3.05, 3.63) is 53.6 Å². The molecule has 1 heterocycles. The number of likely N-dealkylation sites (N-methyl/N-ethyl adjacent to an activating group) is 1. The summed E-state index contributed by atoms with van der Waals surface area (Å²) in [5, 5.41) is 2.95. The Hall–Kier alpha value is -3.06. The molecule has 1 unspecified atom stereocenters. The van der Waals surface area contributed by atoms with E-state index < -0.39 is 0 Å². The maximum atomic E-state index is 12.9. The van der Waals surface area contributed by atoms with Gasteiger partial charge < -0.3 is 24.6 Å². The number of carbonyl (C=O) groups is 2. The van der Waals surface area contributed by atoms with E-state index in [0.29, 0.717) is 36.9 Å². The third kappa shape index (κ3) is 6.71. The summed E-state index contributed by atoms with van der Waals surface area (Å²) in [6.45, 7) is 10.5. The van der Waals surface area contributed by atoms with Crippen LogP contribution in [0.4, 0.5) is 5.69 Å². The molecule has 33 heavy (non-hydrogen) atoms. The number of benzene rings is 2. The van der Waals surface area contributed by atoms with Crippen LogP contribution in [-0.2, 0) is 16.1 Å². The SMILES string of the molecule is CCN(CC)CCOc1cc(NC(=O)C2CC(=O)N(Cc3ccc(C)cc3)C2)ccc1OC. The van der Waals surface area contributed by atoms with Crippen LogP contribution in [0.5, 0.6) is 11.5 Å². The van der Waals surface area contributed by atoms with Crippen molar-refractivity contribution in [1.82, 2.24) is 9.80 Å². The van der Waals surface area contributed by atoms with Crippen molar-refractivity contribution in [3.8, 4) is 11.5 Å². The Labute approximate surface area is 196 Å². The third-order valence-corrected chi connectivity index (χ3v) is 6.07. The van der Waals surface area contributed by atoms with E-state index >= 15 is 0 Å². The lowest BCUT2D eigenvalue weighted by atomic mass is 10.1. The fraction of sp³-hybridized carbons (Fsp3) is 0.462. The van der Waals surface area contributed by atoms with Gasteiger partial charge >= 0.3 is 0 Å². The largest absolute Gasteiger partial charge is 0.493 e. The van der Waals surface area contributed by atoms with Gasteiger partial charge in [-0.15, -0.1) is 0 Å². The molecule has 1 aliphatic heterocycles. The first-order valence-corrected chi connectivity index (χ1v) is 11.6. The topological polar surface area (TPSA) is 71.1 Å². The minimum atomic E-state index is -0.378. The number of nitrogens with zero attached hydrogens (tertiary/aromatic N) is 2. The minimum absolute atomic E-state index is 0.00545. The number of aryl methyl sites for hydroxylation is 1. The molecule has 3 rings (SSSR count). The lowest BCUT2D eigenvalue weighted by molar-refractivity contribution is -0.128. The predicted molar refractivity (Wildman–Crippen MR) is 130 cm³/mol. The zero-order valence-corrected chi connectivity index (χ0v) is 20.1. The van der Waals surface area contributed by atoms with Gasteiger partial charge in [-0.25, -0.2) is 0 Å². The van der Waals surface area contributed by atoms with Crippen LogP contribution in [-0.4, -0.2) is 61.5 Å². The van der Waals surface area contributed by atoms with Crippen LogP contribution in [0.1, 0.15) is 31.4 Å². The first-order valence-electron chi connectivity index (χ1n) is 11.6. The molecule has 1 fully saturated rings. The van der Waals surface area contributed by atoms with Crippen molar-refractivity contribution < 1.29 is 19.1 Å². The van der Waals surface area contributed by atoms with E-state index in [-0.39, 0.29) is 24.2 Å². The van der Waals surface area contributed by atoms with Gasteiger partial charge in [0.1, 0.15) is 6.61 Å². The highest BCUT2D eigenvalue weighted by molar-refractivity contribution is 5.97. The van der Waals surface area contributed by atoms with E-state index in [2.05, 4.69) is 24.1 Å². The normalized spacial score (nSPS) is 15.7. The number of amides is 2. The van der Waals surface area contributed by atoms with Crippen LogP contribution < -0.4 is 14.8 Å². The molecule has 1 saturated heterocycles. The molecule has 7 nitrogen and oxygen atoms in total. The van der Waals surface area contributed by atoms with Gasteiger partial charge in [0.05, 0.1) is 13.0 Å². The Morgan fingerprint density at radius 1 is 1.12 bits per heavy atom. The van der Waals surface area contributed by atoms with Crippen LogP contribution in [0.3, 0.4) is 0 Å². The Morgan fingerprint density at radius 2 is 1.85 bits per heavy atom. The zero-order chi connectivity index (χ0) is 23.8. The standard InChI is InChI=1S/C26H35N3O4/c1-5-28(6-2)13-14-33-24-16-22(11-12-23(24)32-4)27-26(31)21-15-25(30)29(18-21)17-20-9-7-19(3)8-10-20/h7-12,16,21H,5-6,13-15,17-18H2,1-4H3,(H,27,31). The number of anilines is 1. The van der Waals surface area contributed by atoms with Crippen molar-refractivity contribution >= 4 is 17.5 Å². The zero-order valence-electron chi connectivity index (χ0n) is 20.1. The first kappa shape index (κ1) is 24.6. The molecule has 0 spiro atoms. The predicted octanol–water partition coefficient (Wildman–Crippen LogP) is 3.71. The molecule has 2 aromatic rings. The number of methoxy groups -OCH3 is 1. The second-order valence-electron chi connectivity index (χ2n) is 8.39. The summed E-state index contributed by atoms with van der Waals surface area (Å²) < 4.78 is 11.3. The fourth-order valence-corrected chi connectivity index (χ4v) is 3.95. The molecule has 0 aromatic heterocycles. The fourth-order valence-electron chi connectivity index (χ4n) is 3.95. The van der Waals surface area contributed by atoms with E-state index in [0.717, 1.165) is 25.2 Å². The van der Waals surface area contributed by atoms with E-state index in [1.165, 1.54) is 5.56 Å². The third-order valence-electron chi connectivity index (χ3n) is 6.07. The van der Waals surface area contributed by atoms with Crippen LogP contribution in [0.15, 0.2) is 42.5 Å². The van der Waals surface area contributed by atoms with Crippen LogP contribution in [0.2, 0.25) is 0 Å². The molecular formula is C26H35N3O4. The monoisotopic (exact) mass is 453 g/mol.